The zero-order chi connectivity index (χ0) is 11.4. The van der Waals surface area contributed by atoms with E-state index in [0.29, 0.717) is 6.42 Å². The number of methoxy groups -OCH3 is 1. The van der Waals surface area contributed by atoms with E-state index in [1.165, 1.54) is 12.7 Å². The highest BCUT2D eigenvalue weighted by Crippen LogP contribution is 2.26. The van der Waals surface area contributed by atoms with E-state index >= 15 is 0 Å². The summed E-state index contributed by atoms with van der Waals surface area (Å²) in [5.41, 5.74) is 2.33. The van der Waals surface area contributed by atoms with Crippen molar-refractivity contribution in [3.05, 3.63) is 35.4 Å². The second kappa shape index (κ2) is 4.84. The summed E-state index contributed by atoms with van der Waals surface area (Å²) in [5.74, 6) is 0.755. The Morgan fingerprint density at radius 3 is 3.25 bits per heavy atom. The van der Waals surface area contributed by atoms with Crippen molar-refractivity contribution in [2.24, 2.45) is 0 Å². The SMILES string of the molecule is COC(=O)CC=Cc1ccc2c(c1)CCO2. The van der Waals surface area contributed by atoms with Gasteiger partial charge in [-0.15, -0.1) is 0 Å². The van der Waals surface area contributed by atoms with Gasteiger partial charge in [0.15, 0.2) is 0 Å². The number of carbonyl (C=O) groups is 1. The Morgan fingerprint density at radius 2 is 2.44 bits per heavy atom. The second-order valence-corrected chi connectivity index (χ2v) is 3.65. The summed E-state index contributed by atoms with van der Waals surface area (Å²) in [6, 6.07) is 6.05. The zero-order valence-corrected chi connectivity index (χ0v) is 9.23. The van der Waals surface area contributed by atoms with Crippen molar-refractivity contribution in [1.29, 1.82) is 0 Å². The van der Waals surface area contributed by atoms with Crippen LogP contribution < -0.4 is 4.74 Å². The summed E-state index contributed by atoms with van der Waals surface area (Å²) in [6.07, 6.45) is 5.01. The van der Waals surface area contributed by atoms with Gasteiger partial charge in [0.25, 0.3) is 0 Å². The molecule has 1 aromatic carbocycles. The van der Waals surface area contributed by atoms with Crippen LogP contribution in [-0.4, -0.2) is 19.7 Å². The van der Waals surface area contributed by atoms with E-state index in [1.807, 2.05) is 24.3 Å². The van der Waals surface area contributed by atoms with Crippen molar-refractivity contribution < 1.29 is 14.3 Å². The predicted octanol–water partition coefficient (Wildman–Crippen LogP) is 2.20. The first-order chi connectivity index (χ1) is 7.79. The maximum Gasteiger partial charge on any atom is 0.309 e. The van der Waals surface area contributed by atoms with Crippen LogP contribution in [0.2, 0.25) is 0 Å². The van der Waals surface area contributed by atoms with Crippen LogP contribution in [0.3, 0.4) is 0 Å². The maximum absolute atomic E-state index is 10.9. The molecule has 3 heteroatoms. The van der Waals surface area contributed by atoms with Gasteiger partial charge in [0, 0.05) is 6.42 Å². The van der Waals surface area contributed by atoms with Crippen molar-refractivity contribution in [3.8, 4) is 5.75 Å². The Kier molecular flexibility index (Phi) is 3.25. The molecular weight excluding hydrogens is 204 g/mol. The van der Waals surface area contributed by atoms with E-state index in [1.54, 1.807) is 0 Å². The minimum Gasteiger partial charge on any atom is -0.493 e. The fourth-order valence-electron chi connectivity index (χ4n) is 1.68. The minimum atomic E-state index is -0.222. The Bertz CT molecular complexity index is 421. The fraction of sp³-hybridized carbons (Fsp3) is 0.308. The van der Waals surface area contributed by atoms with E-state index in [0.717, 1.165) is 24.3 Å². The van der Waals surface area contributed by atoms with Crippen LogP contribution in [0.5, 0.6) is 5.75 Å². The molecule has 0 unspecified atom stereocenters. The van der Waals surface area contributed by atoms with Crippen molar-refractivity contribution in [2.45, 2.75) is 12.8 Å². The largest absolute Gasteiger partial charge is 0.493 e. The first kappa shape index (κ1) is 10.7. The number of fused-ring (bicyclic) bond motifs is 1. The van der Waals surface area contributed by atoms with Crippen molar-refractivity contribution in [1.82, 2.24) is 0 Å². The number of benzene rings is 1. The van der Waals surface area contributed by atoms with E-state index in [-0.39, 0.29) is 5.97 Å². The molecule has 16 heavy (non-hydrogen) atoms. The van der Waals surface area contributed by atoms with Gasteiger partial charge in [0.05, 0.1) is 20.1 Å². The molecule has 1 aliphatic rings. The third kappa shape index (κ3) is 2.42. The average Bonchev–Trinajstić information content (AvgIpc) is 2.76. The molecule has 3 nitrogen and oxygen atoms in total. The summed E-state index contributed by atoms with van der Waals surface area (Å²) >= 11 is 0. The highest BCUT2D eigenvalue weighted by atomic mass is 16.5. The number of carbonyl (C=O) groups excluding carboxylic acids is 1. The number of hydrogen-bond acceptors (Lipinski definition) is 3. The molecule has 0 atom stereocenters. The van der Waals surface area contributed by atoms with E-state index in [4.69, 9.17) is 4.74 Å². The normalized spacial score (nSPS) is 13.6. The van der Waals surface area contributed by atoms with Gasteiger partial charge in [-0.05, 0) is 23.3 Å². The van der Waals surface area contributed by atoms with Crippen LogP contribution >= 0.6 is 0 Å². The molecule has 0 aromatic heterocycles. The van der Waals surface area contributed by atoms with Crippen LogP contribution in [0, 0.1) is 0 Å². The molecule has 0 fully saturated rings. The lowest BCUT2D eigenvalue weighted by Crippen LogP contribution is -1.96. The van der Waals surface area contributed by atoms with Crippen molar-refractivity contribution in [2.75, 3.05) is 13.7 Å². The van der Waals surface area contributed by atoms with Gasteiger partial charge < -0.3 is 9.47 Å². The number of hydrogen-bond donors (Lipinski definition) is 0. The first-order valence-electron chi connectivity index (χ1n) is 5.28. The quantitative estimate of drug-likeness (QED) is 0.729. The van der Waals surface area contributed by atoms with Gasteiger partial charge in [-0.25, -0.2) is 0 Å². The zero-order valence-electron chi connectivity index (χ0n) is 9.23. The topological polar surface area (TPSA) is 35.5 Å². The molecule has 0 bridgehead atoms. The van der Waals surface area contributed by atoms with Crippen molar-refractivity contribution in [3.63, 3.8) is 0 Å². The van der Waals surface area contributed by atoms with E-state index < -0.39 is 0 Å². The fourth-order valence-corrected chi connectivity index (χ4v) is 1.68. The highest BCUT2D eigenvalue weighted by Gasteiger charge is 2.10. The summed E-state index contributed by atoms with van der Waals surface area (Å²) in [4.78, 5) is 10.9. The van der Waals surface area contributed by atoms with Gasteiger partial charge in [-0.1, -0.05) is 18.2 Å². The van der Waals surface area contributed by atoms with Crippen LogP contribution in [-0.2, 0) is 16.0 Å². The lowest BCUT2D eigenvalue weighted by atomic mass is 10.1. The summed E-state index contributed by atoms with van der Waals surface area (Å²) in [5, 5.41) is 0. The molecule has 0 aliphatic carbocycles. The van der Waals surface area contributed by atoms with Crippen LogP contribution in [0.15, 0.2) is 24.3 Å². The monoisotopic (exact) mass is 218 g/mol. The third-order valence-corrected chi connectivity index (χ3v) is 2.54. The molecule has 0 amide bonds. The lowest BCUT2D eigenvalue weighted by molar-refractivity contribution is -0.139. The maximum atomic E-state index is 10.9. The van der Waals surface area contributed by atoms with Crippen LogP contribution in [0.4, 0.5) is 0 Å². The molecule has 0 saturated carbocycles. The van der Waals surface area contributed by atoms with Gasteiger partial charge in [-0.2, -0.15) is 0 Å². The highest BCUT2D eigenvalue weighted by molar-refractivity contribution is 5.72. The Hall–Kier alpha value is -1.77. The van der Waals surface area contributed by atoms with E-state index in [2.05, 4.69) is 10.8 Å². The summed E-state index contributed by atoms with van der Waals surface area (Å²) in [7, 11) is 1.39. The van der Waals surface area contributed by atoms with Gasteiger partial charge in [-0.3, -0.25) is 4.79 Å². The number of esters is 1. The second-order valence-electron chi connectivity index (χ2n) is 3.65. The molecule has 1 heterocycles. The van der Waals surface area contributed by atoms with Gasteiger partial charge >= 0.3 is 5.97 Å². The molecule has 1 aliphatic heterocycles. The van der Waals surface area contributed by atoms with Crippen LogP contribution in [0.1, 0.15) is 17.5 Å². The molecule has 84 valence electrons. The molecule has 0 N–H and O–H groups in total. The Balaban J connectivity index is 2.02. The van der Waals surface area contributed by atoms with Gasteiger partial charge in [0.2, 0.25) is 0 Å². The molecule has 0 spiro atoms. The first-order valence-corrected chi connectivity index (χ1v) is 5.28. The molecule has 2 rings (SSSR count). The van der Waals surface area contributed by atoms with E-state index in [9.17, 15) is 4.79 Å². The molecule has 1 aromatic rings. The standard InChI is InChI=1S/C13H14O3/c1-15-13(14)4-2-3-10-5-6-12-11(9-10)7-8-16-12/h2-3,5-6,9H,4,7-8H2,1H3. The van der Waals surface area contributed by atoms with Gasteiger partial charge in [0.1, 0.15) is 5.75 Å². The van der Waals surface area contributed by atoms with Crippen molar-refractivity contribution >= 4 is 12.0 Å². The summed E-state index contributed by atoms with van der Waals surface area (Å²) < 4.78 is 9.97. The average molecular weight is 218 g/mol. The molecule has 0 radical (unpaired) electrons. The number of ether oxygens (including phenoxy) is 2. The Morgan fingerprint density at radius 1 is 1.56 bits per heavy atom. The third-order valence-electron chi connectivity index (χ3n) is 2.54. The minimum absolute atomic E-state index is 0.222. The molecular formula is C13H14O3. The lowest BCUT2D eigenvalue weighted by Gasteiger charge is -1.99. The summed E-state index contributed by atoms with van der Waals surface area (Å²) in [6.45, 7) is 0.769. The Labute approximate surface area is 94.7 Å². The number of rotatable bonds is 3. The molecule has 0 saturated heterocycles. The predicted molar refractivity (Wildman–Crippen MR) is 61.3 cm³/mol. The smallest absolute Gasteiger partial charge is 0.309 e. The van der Waals surface area contributed by atoms with Crippen LogP contribution in [0.25, 0.3) is 6.08 Å².